The molecule has 42 heavy (non-hydrogen) atoms. The second-order valence-corrected chi connectivity index (χ2v) is 10.0. The van der Waals surface area contributed by atoms with E-state index in [0.717, 1.165) is 24.3 Å². The third-order valence-corrected chi connectivity index (χ3v) is 7.66. The molecule has 10 atom stereocenters. The van der Waals surface area contributed by atoms with Crippen molar-refractivity contribution in [3.63, 3.8) is 0 Å². The second kappa shape index (κ2) is 10.4. The van der Waals surface area contributed by atoms with Crippen LogP contribution in [0.5, 0.6) is 28.7 Å². The second-order valence-electron chi connectivity index (χ2n) is 10.0. The normalized spacial score (nSPS) is 47.0. The van der Waals surface area contributed by atoms with Gasteiger partial charge in [-0.25, -0.2) is 0 Å². The van der Waals surface area contributed by atoms with Crippen LogP contribution in [0.4, 0.5) is 0 Å². The number of fused-ring (bicyclic) bond motifs is 4. The molecule has 0 radical (unpaired) electrons. The molecule has 7 rings (SSSR count). The van der Waals surface area contributed by atoms with Gasteiger partial charge in [-0.1, -0.05) is 0 Å². The molecule has 3 fully saturated rings. The van der Waals surface area contributed by atoms with Crippen molar-refractivity contribution in [2.75, 3.05) is 33.9 Å². The van der Waals surface area contributed by atoms with Crippen molar-refractivity contribution in [2.24, 2.45) is 11.8 Å². The first-order chi connectivity index (χ1) is 25.1. The highest BCUT2D eigenvalue weighted by atomic mass is 16.8. The van der Waals surface area contributed by atoms with Crippen LogP contribution >= 0.6 is 0 Å². The quantitative estimate of drug-likeness (QED) is 0.422. The summed E-state index contributed by atoms with van der Waals surface area (Å²) < 4.78 is 154. The predicted molar refractivity (Wildman–Crippen MR) is 138 cm³/mol. The van der Waals surface area contributed by atoms with E-state index in [0.29, 0.717) is 0 Å². The average molecular weight is 602 g/mol. The fourth-order valence-electron chi connectivity index (χ4n) is 5.75. The highest BCUT2D eigenvalue weighted by Crippen LogP contribution is 2.57. The number of phenolic OH excluding ortho intramolecular Hbond substituents is 1. The van der Waals surface area contributed by atoms with Gasteiger partial charge in [-0.05, 0) is 47.9 Å². The summed E-state index contributed by atoms with van der Waals surface area (Å²) in [5, 5.41) is 33.1. The molecular formula is C29H32O13. The molecule has 2 aromatic rings. The molecule has 1 aliphatic carbocycles. The monoisotopic (exact) mass is 601 g/mol. The van der Waals surface area contributed by atoms with E-state index in [9.17, 15) is 21.5 Å². The summed E-state index contributed by atoms with van der Waals surface area (Å²) in [6, 6.07) is 3.67. The minimum absolute atomic E-state index is 0.275. The maximum absolute atomic E-state index is 13.9. The highest BCUT2D eigenvalue weighted by molar-refractivity contribution is 5.79. The van der Waals surface area contributed by atoms with Gasteiger partial charge in [0.1, 0.15) is 27.2 Å². The molecule has 3 N–H and O–H groups in total. The van der Waals surface area contributed by atoms with Crippen molar-refractivity contribution < 1.29 is 80.6 Å². The molecule has 4 heterocycles. The zero-order valence-corrected chi connectivity index (χ0v) is 21.4. The van der Waals surface area contributed by atoms with Crippen LogP contribution < -0.4 is 18.9 Å². The molecule has 0 spiro atoms. The minimum Gasteiger partial charge on any atom is -0.502 e. The number of aromatic hydroxyl groups is 1. The van der Waals surface area contributed by atoms with Crippen molar-refractivity contribution in [3.8, 4) is 28.7 Å². The van der Waals surface area contributed by atoms with Gasteiger partial charge >= 0.3 is 5.97 Å². The Morgan fingerprint density at radius 1 is 0.976 bits per heavy atom. The number of rotatable bonds is 5. The Kier molecular flexibility index (Phi) is 4.10. The Bertz CT molecular complexity index is 1850. The molecule has 0 saturated carbocycles. The number of methoxy groups -OCH3 is 2. The van der Waals surface area contributed by atoms with Gasteiger partial charge < -0.3 is 58.0 Å². The summed E-state index contributed by atoms with van der Waals surface area (Å²) in [4.78, 5) is 13.9. The summed E-state index contributed by atoms with van der Waals surface area (Å²) in [5.74, 6) is -11.8. The van der Waals surface area contributed by atoms with Crippen LogP contribution in [0.3, 0.4) is 0 Å². The van der Waals surface area contributed by atoms with E-state index >= 15 is 0 Å². The highest BCUT2D eigenvalue weighted by Gasteiger charge is 2.56. The third-order valence-electron chi connectivity index (χ3n) is 7.66. The summed E-state index contributed by atoms with van der Waals surface area (Å²) in [6.07, 6.45) is -12.2. The SMILES string of the molecule is [2H]C([2H])([2H])Oc1cc([C@]2([2H])c3cc4c(cc3[C@@H](O[C@@H]3O[C@H]5[C@@H](O[C@H](C)OC5([2H])[2H])[C@H](O)[C@H]3O)[C@@H]3[C@@H]2C(=O)OC3([2H])[2H])OC([2H])([2H])O4)cc(OC([2H])([2H])[2H])c1O. The van der Waals surface area contributed by atoms with E-state index in [1.165, 1.54) is 6.92 Å². The number of ether oxygens (including phenoxy) is 9. The van der Waals surface area contributed by atoms with E-state index < -0.39 is 124 Å². The molecule has 0 bridgehead atoms. The van der Waals surface area contributed by atoms with Gasteiger partial charge in [0, 0.05) is 13.2 Å². The maximum atomic E-state index is 13.9. The van der Waals surface area contributed by atoms with Gasteiger partial charge in [0.2, 0.25) is 12.5 Å². The van der Waals surface area contributed by atoms with E-state index in [1.54, 1.807) is 0 Å². The smallest absolute Gasteiger partial charge is 0.310 e. The molecule has 5 aliphatic rings. The fraction of sp³-hybridized carbons (Fsp3) is 0.552. The molecule has 226 valence electrons. The lowest BCUT2D eigenvalue weighted by molar-refractivity contribution is -0.364. The van der Waals surface area contributed by atoms with Crippen LogP contribution in [-0.4, -0.2) is 92.2 Å². The molecule has 0 amide bonds. The van der Waals surface area contributed by atoms with E-state index in [4.69, 9.17) is 59.1 Å². The Morgan fingerprint density at radius 2 is 1.69 bits per heavy atom. The lowest BCUT2D eigenvalue weighted by Crippen LogP contribution is -2.63. The number of hydrogen-bond donors (Lipinski definition) is 3. The van der Waals surface area contributed by atoms with E-state index in [-0.39, 0.29) is 22.6 Å². The summed E-state index contributed by atoms with van der Waals surface area (Å²) in [7, 11) is -6.55. The maximum Gasteiger partial charge on any atom is 0.310 e. The molecule has 13 heteroatoms. The average Bonchev–Trinajstić information content (AvgIpc) is 3.46. The molecule has 2 aromatic carbocycles. The van der Waals surface area contributed by atoms with Gasteiger partial charge in [0.25, 0.3) is 0 Å². The number of benzene rings is 2. The molecule has 4 aliphatic heterocycles. The number of phenols is 1. The topological polar surface area (TPSA) is 161 Å². The molecular weight excluding hydrogens is 556 g/mol. The number of hydrogen-bond acceptors (Lipinski definition) is 13. The number of aliphatic hydroxyl groups is 2. The zero-order valence-electron chi connectivity index (χ0n) is 34.4. The fourth-order valence-corrected chi connectivity index (χ4v) is 5.75. The van der Waals surface area contributed by atoms with Crippen LogP contribution in [0.2, 0.25) is 0 Å². The first-order valence-electron chi connectivity index (χ1n) is 19.2. The number of carbonyl (C=O) groups is 1. The van der Waals surface area contributed by atoms with Crippen molar-refractivity contribution in [3.05, 3.63) is 41.0 Å². The Balaban J connectivity index is 1.44. The number of cyclic esters (lactones) is 1. The van der Waals surface area contributed by atoms with Crippen molar-refractivity contribution in [1.82, 2.24) is 0 Å². The summed E-state index contributed by atoms with van der Waals surface area (Å²) in [6.45, 7) is -7.12. The van der Waals surface area contributed by atoms with Crippen LogP contribution in [0.15, 0.2) is 24.3 Å². The van der Waals surface area contributed by atoms with Crippen LogP contribution in [0.1, 0.15) is 53.4 Å². The molecule has 0 unspecified atom stereocenters. The lowest BCUT2D eigenvalue weighted by Gasteiger charge is -2.47. The van der Waals surface area contributed by atoms with Gasteiger partial charge in [-0.15, -0.1) is 0 Å². The van der Waals surface area contributed by atoms with Gasteiger partial charge in [-0.3, -0.25) is 4.79 Å². The number of aliphatic hydroxyl groups excluding tert-OH is 2. The minimum atomic E-state index is -3.28. The largest absolute Gasteiger partial charge is 0.502 e. The standard InChI is InChI=1S/C29H32O13/c1-11-36-9-20-27(40-11)24(31)25(32)29(41-20)42-26-14-7-17-16(38-10-39-17)6-13(14)21(22-15(26)8-37-28(22)33)12-4-18(34-2)23(30)19(5-12)35-3/h4-7,11,15,20-22,24-27,29-32H,8-10H2,1-3H3/t11-,15+,20-,21-,22+,24-,25-,26-,27-,29+/m1/s1/i2D3,3D3,8D2,9D2,10D2,21D. The lowest BCUT2D eigenvalue weighted by atomic mass is 9.66. The summed E-state index contributed by atoms with van der Waals surface area (Å²) >= 11 is 0. The molecule has 0 aromatic heterocycles. The van der Waals surface area contributed by atoms with E-state index in [1.807, 2.05) is 0 Å². The first-order valence-corrected chi connectivity index (χ1v) is 12.7. The number of carbonyl (C=O) groups excluding carboxylic acids is 1. The summed E-state index contributed by atoms with van der Waals surface area (Å²) in [5.41, 5.74) is -1.17. The predicted octanol–water partition coefficient (Wildman–Crippen LogP) is 1.34. The Morgan fingerprint density at radius 3 is 2.40 bits per heavy atom. The number of esters is 1. The Labute approximate surface area is 258 Å². The van der Waals surface area contributed by atoms with Gasteiger partial charge in [0.05, 0.1) is 52.9 Å². The van der Waals surface area contributed by atoms with Crippen LogP contribution in [0.25, 0.3) is 0 Å². The van der Waals surface area contributed by atoms with Crippen molar-refractivity contribution in [1.29, 1.82) is 0 Å². The van der Waals surface area contributed by atoms with Crippen molar-refractivity contribution in [2.45, 2.75) is 55.9 Å². The first kappa shape index (κ1) is 16.5. The molecule has 3 saturated heterocycles. The van der Waals surface area contributed by atoms with Gasteiger partial charge in [-0.2, -0.15) is 0 Å². The molecule has 13 nitrogen and oxygen atoms in total. The van der Waals surface area contributed by atoms with E-state index in [2.05, 4.69) is 0 Å². The van der Waals surface area contributed by atoms with Crippen LogP contribution in [-0.2, 0) is 28.5 Å². The van der Waals surface area contributed by atoms with Crippen molar-refractivity contribution >= 4 is 5.97 Å². The van der Waals surface area contributed by atoms with Crippen LogP contribution in [0, 0.1) is 11.8 Å². The van der Waals surface area contributed by atoms with Gasteiger partial charge in [0.15, 0.2) is 35.6 Å². The third kappa shape index (κ3) is 4.26. The zero-order chi connectivity index (χ0) is 40.6. The Hall–Kier alpha value is -3.33.